The first kappa shape index (κ1) is 32.5. The summed E-state index contributed by atoms with van der Waals surface area (Å²) < 4.78 is 5.12. The van der Waals surface area contributed by atoms with Gasteiger partial charge in [-0.3, -0.25) is 24.0 Å². The highest BCUT2D eigenvalue weighted by Gasteiger charge is 2.32. The van der Waals surface area contributed by atoms with Crippen LogP contribution in [0.4, 0.5) is 0 Å². The van der Waals surface area contributed by atoms with Crippen molar-refractivity contribution >= 4 is 29.4 Å². The maximum absolute atomic E-state index is 13.3. The number of hydrogen-bond donors (Lipinski definition) is 4. The van der Waals surface area contributed by atoms with Crippen LogP contribution in [0.3, 0.4) is 0 Å². The summed E-state index contributed by atoms with van der Waals surface area (Å²) in [6.07, 6.45) is 0.195. The van der Waals surface area contributed by atoms with Crippen molar-refractivity contribution in [2.75, 3.05) is 7.11 Å². The van der Waals surface area contributed by atoms with Gasteiger partial charge in [-0.15, -0.1) is 0 Å². The summed E-state index contributed by atoms with van der Waals surface area (Å²) in [4.78, 5) is 64.9. The van der Waals surface area contributed by atoms with Gasteiger partial charge in [0.15, 0.2) is 0 Å². The van der Waals surface area contributed by atoms with E-state index in [1.165, 1.54) is 6.92 Å². The smallest absolute Gasteiger partial charge is 0.289 e. The Labute approximate surface area is 251 Å². The van der Waals surface area contributed by atoms with Crippen LogP contribution < -0.4 is 26.0 Å². The molecule has 0 radical (unpaired) electrons. The van der Waals surface area contributed by atoms with Crippen LogP contribution in [0.25, 0.3) is 0 Å². The predicted octanol–water partition coefficient (Wildman–Crippen LogP) is 2.57. The summed E-state index contributed by atoms with van der Waals surface area (Å²) in [6, 6.07) is 21.6. The number of ether oxygens (including phenoxy) is 1. The van der Waals surface area contributed by atoms with Crippen LogP contribution in [0.5, 0.6) is 5.75 Å². The Morgan fingerprint density at radius 2 is 1.30 bits per heavy atom. The number of rotatable bonds is 14. The highest BCUT2D eigenvalue weighted by atomic mass is 16.5. The molecule has 0 fully saturated rings. The standard InChI is InChI=1S/C33H38N4O6/c1-21(2)28(29(38)33(42)34-20-24-15-17-26(43-4)18-16-24)37-30(39)22(3)35-32(41)27(19-23-11-7-5-8-12-23)36-31(40)25-13-9-6-10-14-25/h5-18,21-22,27-28H,19-20H2,1-4H3,(H,34,42)(H,35,41)(H,36,40)(H,37,39). The molecule has 3 aromatic carbocycles. The zero-order chi connectivity index (χ0) is 31.4. The zero-order valence-corrected chi connectivity index (χ0v) is 24.8. The third-order valence-corrected chi connectivity index (χ3v) is 6.78. The molecule has 3 aromatic rings. The Hall–Kier alpha value is -4.99. The quantitative estimate of drug-likeness (QED) is 0.214. The van der Waals surface area contributed by atoms with Crippen LogP contribution in [0.1, 0.15) is 42.3 Å². The number of hydrogen-bond acceptors (Lipinski definition) is 6. The third kappa shape index (κ3) is 9.81. The lowest BCUT2D eigenvalue weighted by Crippen LogP contribution is -2.57. The Bertz CT molecular complexity index is 1390. The first-order valence-corrected chi connectivity index (χ1v) is 14.0. The summed E-state index contributed by atoms with van der Waals surface area (Å²) in [7, 11) is 1.55. The molecule has 43 heavy (non-hydrogen) atoms. The maximum atomic E-state index is 13.3. The van der Waals surface area contributed by atoms with Gasteiger partial charge >= 0.3 is 0 Å². The Morgan fingerprint density at radius 1 is 0.698 bits per heavy atom. The van der Waals surface area contributed by atoms with E-state index < -0.39 is 53.5 Å². The van der Waals surface area contributed by atoms with Crippen LogP contribution in [-0.2, 0) is 32.1 Å². The number of carbonyl (C=O) groups is 5. The van der Waals surface area contributed by atoms with E-state index in [4.69, 9.17) is 4.74 Å². The van der Waals surface area contributed by atoms with Crippen LogP contribution in [0, 0.1) is 5.92 Å². The fourth-order valence-electron chi connectivity index (χ4n) is 4.24. The van der Waals surface area contributed by atoms with Crippen molar-refractivity contribution in [3.63, 3.8) is 0 Å². The molecule has 0 bridgehead atoms. The summed E-state index contributed by atoms with van der Waals surface area (Å²) in [5, 5.41) is 10.6. The van der Waals surface area contributed by atoms with Gasteiger partial charge in [0.2, 0.25) is 17.6 Å². The molecule has 0 aliphatic carbocycles. The SMILES string of the molecule is COc1ccc(CNC(=O)C(=O)C(NC(=O)C(C)NC(=O)C(Cc2ccccc2)NC(=O)c2ccccc2)C(C)C)cc1. The second-order valence-electron chi connectivity index (χ2n) is 10.4. The van der Waals surface area contributed by atoms with Crippen molar-refractivity contribution in [2.24, 2.45) is 5.92 Å². The van der Waals surface area contributed by atoms with Crippen LogP contribution in [-0.4, -0.2) is 54.6 Å². The molecule has 10 heteroatoms. The normalized spacial score (nSPS) is 12.8. The Kier molecular flexibility index (Phi) is 12.0. The van der Waals surface area contributed by atoms with Gasteiger partial charge in [0.25, 0.3) is 11.8 Å². The zero-order valence-electron chi connectivity index (χ0n) is 24.8. The van der Waals surface area contributed by atoms with E-state index >= 15 is 0 Å². The van der Waals surface area contributed by atoms with Crippen molar-refractivity contribution < 1.29 is 28.7 Å². The third-order valence-electron chi connectivity index (χ3n) is 6.78. The van der Waals surface area contributed by atoms with Crippen LogP contribution >= 0.6 is 0 Å². The molecule has 0 saturated carbocycles. The highest BCUT2D eigenvalue weighted by Crippen LogP contribution is 2.11. The lowest BCUT2D eigenvalue weighted by Gasteiger charge is -2.25. The first-order valence-electron chi connectivity index (χ1n) is 14.0. The molecule has 10 nitrogen and oxygen atoms in total. The molecule has 226 valence electrons. The number of Topliss-reactive ketones (excluding diaryl/α,β-unsaturated/α-hetero) is 1. The summed E-state index contributed by atoms with van der Waals surface area (Å²) in [5.41, 5.74) is 1.98. The molecule has 0 heterocycles. The van der Waals surface area contributed by atoms with E-state index in [0.717, 1.165) is 11.1 Å². The molecule has 4 N–H and O–H groups in total. The first-order chi connectivity index (χ1) is 20.6. The summed E-state index contributed by atoms with van der Waals surface area (Å²) >= 11 is 0. The van der Waals surface area contributed by atoms with Gasteiger partial charge in [-0.2, -0.15) is 0 Å². The summed E-state index contributed by atoms with van der Waals surface area (Å²) in [6.45, 7) is 5.00. The number of benzene rings is 3. The Morgan fingerprint density at radius 3 is 1.88 bits per heavy atom. The van der Waals surface area contributed by atoms with Gasteiger partial charge in [0, 0.05) is 18.5 Å². The van der Waals surface area contributed by atoms with Crippen molar-refractivity contribution in [1.29, 1.82) is 0 Å². The molecule has 0 saturated heterocycles. The predicted molar refractivity (Wildman–Crippen MR) is 162 cm³/mol. The lowest BCUT2D eigenvalue weighted by atomic mass is 9.98. The summed E-state index contributed by atoms with van der Waals surface area (Å²) in [5.74, 6) is -3.01. The number of carbonyl (C=O) groups excluding carboxylic acids is 5. The monoisotopic (exact) mass is 586 g/mol. The topological polar surface area (TPSA) is 143 Å². The molecule has 0 aromatic heterocycles. The van der Waals surface area contributed by atoms with Gasteiger partial charge in [-0.25, -0.2) is 0 Å². The van der Waals surface area contributed by atoms with Gasteiger partial charge in [-0.05, 0) is 48.2 Å². The van der Waals surface area contributed by atoms with Gasteiger partial charge in [0.05, 0.1) is 13.2 Å². The molecule has 0 spiro atoms. The molecule has 0 aliphatic rings. The number of nitrogens with one attached hydrogen (secondary N) is 4. The fraction of sp³-hybridized carbons (Fsp3) is 0.303. The van der Waals surface area contributed by atoms with E-state index in [1.54, 1.807) is 75.6 Å². The second kappa shape index (κ2) is 15.9. The van der Waals surface area contributed by atoms with Gasteiger partial charge < -0.3 is 26.0 Å². The average molecular weight is 587 g/mol. The number of ketones is 1. The molecule has 4 amide bonds. The van der Waals surface area contributed by atoms with Crippen molar-refractivity contribution in [2.45, 2.75) is 51.9 Å². The van der Waals surface area contributed by atoms with Crippen molar-refractivity contribution in [1.82, 2.24) is 21.3 Å². The Balaban J connectivity index is 1.63. The van der Waals surface area contributed by atoms with E-state index in [2.05, 4.69) is 21.3 Å². The molecular weight excluding hydrogens is 548 g/mol. The molecule has 3 unspecified atom stereocenters. The molecular formula is C33H38N4O6. The molecule has 0 aliphatic heterocycles. The maximum Gasteiger partial charge on any atom is 0.289 e. The van der Waals surface area contributed by atoms with Gasteiger partial charge in [-0.1, -0.05) is 74.5 Å². The minimum atomic E-state index is -1.11. The fourth-order valence-corrected chi connectivity index (χ4v) is 4.24. The van der Waals surface area contributed by atoms with E-state index in [-0.39, 0.29) is 13.0 Å². The van der Waals surface area contributed by atoms with E-state index in [0.29, 0.717) is 11.3 Å². The number of methoxy groups -OCH3 is 1. The second-order valence-corrected chi connectivity index (χ2v) is 10.4. The van der Waals surface area contributed by atoms with Gasteiger partial charge in [0.1, 0.15) is 17.8 Å². The van der Waals surface area contributed by atoms with Crippen LogP contribution in [0.2, 0.25) is 0 Å². The van der Waals surface area contributed by atoms with E-state index in [9.17, 15) is 24.0 Å². The molecule has 3 atom stereocenters. The minimum Gasteiger partial charge on any atom is -0.497 e. The van der Waals surface area contributed by atoms with Crippen LogP contribution in [0.15, 0.2) is 84.9 Å². The van der Waals surface area contributed by atoms with Crippen molar-refractivity contribution in [3.05, 3.63) is 102 Å². The highest BCUT2D eigenvalue weighted by molar-refractivity contribution is 6.38. The van der Waals surface area contributed by atoms with Crippen molar-refractivity contribution in [3.8, 4) is 5.75 Å². The lowest BCUT2D eigenvalue weighted by molar-refractivity contribution is -0.141. The molecule has 3 rings (SSSR count). The minimum absolute atomic E-state index is 0.122. The van der Waals surface area contributed by atoms with E-state index in [1.807, 2.05) is 30.3 Å². The largest absolute Gasteiger partial charge is 0.497 e. The average Bonchev–Trinajstić information content (AvgIpc) is 3.02. The number of amides is 4.